The first-order valence-electron chi connectivity index (χ1n) is 5.65. The Balaban J connectivity index is 2.03. The highest BCUT2D eigenvalue weighted by Crippen LogP contribution is 2.21. The van der Waals surface area contributed by atoms with E-state index in [4.69, 9.17) is 16.3 Å². The maximum absolute atomic E-state index is 11.8. The zero-order valence-corrected chi connectivity index (χ0v) is 11.1. The lowest BCUT2D eigenvalue weighted by Gasteiger charge is -2.09. The number of nitrogens with one attached hydrogen (secondary N) is 2. The summed E-state index contributed by atoms with van der Waals surface area (Å²) in [6, 6.07) is 13.8. The predicted octanol–water partition coefficient (Wildman–Crippen LogP) is 3.99. The molecule has 0 aliphatic rings. The molecule has 0 radical (unpaired) electrons. The lowest BCUT2D eigenvalue weighted by Crippen LogP contribution is -2.19. The van der Waals surface area contributed by atoms with Crippen LogP contribution < -0.4 is 15.4 Å². The van der Waals surface area contributed by atoms with Gasteiger partial charge in [0, 0.05) is 11.8 Å². The molecule has 0 bridgehead atoms. The van der Waals surface area contributed by atoms with E-state index in [1.807, 2.05) is 0 Å². The van der Waals surface area contributed by atoms with Crippen LogP contribution in [-0.2, 0) is 0 Å². The van der Waals surface area contributed by atoms with Gasteiger partial charge in [0.05, 0.1) is 17.8 Å². The van der Waals surface area contributed by atoms with Crippen molar-refractivity contribution in [2.24, 2.45) is 0 Å². The van der Waals surface area contributed by atoms with Crippen LogP contribution in [0.3, 0.4) is 0 Å². The molecule has 0 heterocycles. The Kier molecular flexibility index (Phi) is 4.26. The molecule has 5 heteroatoms. The summed E-state index contributed by atoms with van der Waals surface area (Å²) in [5, 5.41) is 5.87. The number of hydrogen-bond donors (Lipinski definition) is 2. The molecule has 2 amide bonds. The van der Waals surface area contributed by atoms with E-state index in [-0.39, 0.29) is 6.03 Å². The van der Waals surface area contributed by atoms with Crippen molar-refractivity contribution in [2.75, 3.05) is 17.7 Å². The van der Waals surface area contributed by atoms with Gasteiger partial charge in [-0.1, -0.05) is 29.8 Å². The van der Waals surface area contributed by atoms with E-state index in [0.29, 0.717) is 22.1 Å². The van der Waals surface area contributed by atoms with Crippen molar-refractivity contribution in [1.29, 1.82) is 0 Å². The molecule has 0 atom stereocenters. The van der Waals surface area contributed by atoms with Gasteiger partial charge in [0.15, 0.2) is 0 Å². The minimum atomic E-state index is -0.360. The first-order valence-corrected chi connectivity index (χ1v) is 6.03. The van der Waals surface area contributed by atoms with E-state index in [9.17, 15) is 4.79 Å². The lowest BCUT2D eigenvalue weighted by molar-refractivity contribution is 0.262. The first kappa shape index (κ1) is 13.2. The molecule has 0 saturated carbocycles. The molecule has 0 aliphatic carbocycles. The normalized spacial score (nSPS) is 9.79. The second-order valence-electron chi connectivity index (χ2n) is 3.79. The molecule has 4 nitrogen and oxygen atoms in total. The summed E-state index contributed by atoms with van der Waals surface area (Å²) in [4.78, 5) is 11.8. The molecule has 2 aromatic carbocycles. The van der Waals surface area contributed by atoms with Crippen molar-refractivity contribution < 1.29 is 9.53 Å². The van der Waals surface area contributed by atoms with Crippen LogP contribution in [0.2, 0.25) is 5.02 Å². The zero-order chi connectivity index (χ0) is 13.7. The largest absolute Gasteiger partial charge is 0.497 e. The fourth-order valence-electron chi connectivity index (χ4n) is 1.55. The van der Waals surface area contributed by atoms with E-state index >= 15 is 0 Å². The Labute approximate surface area is 116 Å². The van der Waals surface area contributed by atoms with E-state index < -0.39 is 0 Å². The van der Waals surface area contributed by atoms with Gasteiger partial charge in [-0.25, -0.2) is 4.79 Å². The Morgan fingerprint density at radius 3 is 2.63 bits per heavy atom. The van der Waals surface area contributed by atoms with Crippen LogP contribution in [0.4, 0.5) is 16.2 Å². The second kappa shape index (κ2) is 6.11. The van der Waals surface area contributed by atoms with Crippen LogP contribution in [0.25, 0.3) is 0 Å². The van der Waals surface area contributed by atoms with Crippen LogP contribution in [0, 0.1) is 0 Å². The maximum Gasteiger partial charge on any atom is 0.323 e. The van der Waals surface area contributed by atoms with Crippen LogP contribution in [-0.4, -0.2) is 13.1 Å². The van der Waals surface area contributed by atoms with Gasteiger partial charge in [-0.15, -0.1) is 0 Å². The number of ether oxygens (including phenoxy) is 1. The summed E-state index contributed by atoms with van der Waals surface area (Å²) in [5.41, 5.74) is 1.20. The number of methoxy groups -OCH3 is 1. The van der Waals surface area contributed by atoms with E-state index in [1.54, 1.807) is 55.6 Å². The summed E-state index contributed by atoms with van der Waals surface area (Å²) in [5.74, 6) is 0.676. The number of urea groups is 1. The molecule has 0 saturated heterocycles. The third-order valence-electron chi connectivity index (χ3n) is 2.45. The summed E-state index contributed by atoms with van der Waals surface area (Å²) >= 11 is 5.96. The van der Waals surface area contributed by atoms with Crippen molar-refractivity contribution in [1.82, 2.24) is 0 Å². The summed E-state index contributed by atoms with van der Waals surface area (Å²) in [6.07, 6.45) is 0. The first-order chi connectivity index (χ1) is 9.19. The van der Waals surface area contributed by atoms with Crippen molar-refractivity contribution in [3.63, 3.8) is 0 Å². The van der Waals surface area contributed by atoms with Gasteiger partial charge >= 0.3 is 6.03 Å². The fraction of sp³-hybridized carbons (Fsp3) is 0.0714. The van der Waals surface area contributed by atoms with Gasteiger partial charge in [0.2, 0.25) is 0 Å². The van der Waals surface area contributed by atoms with Crippen molar-refractivity contribution >= 4 is 29.0 Å². The Morgan fingerprint density at radius 2 is 1.89 bits per heavy atom. The van der Waals surface area contributed by atoms with Crippen LogP contribution >= 0.6 is 11.6 Å². The zero-order valence-electron chi connectivity index (χ0n) is 10.3. The smallest absolute Gasteiger partial charge is 0.323 e. The predicted molar refractivity (Wildman–Crippen MR) is 77.1 cm³/mol. The molecule has 0 aliphatic heterocycles. The number of amides is 2. The number of carbonyl (C=O) groups is 1. The van der Waals surface area contributed by atoms with Crippen molar-refractivity contribution in [2.45, 2.75) is 0 Å². The Hall–Kier alpha value is -2.20. The molecular weight excluding hydrogens is 264 g/mol. The molecule has 0 aromatic heterocycles. The molecule has 19 heavy (non-hydrogen) atoms. The number of benzene rings is 2. The van der Waals surface area contributed by atoms with Gasteiger partial charge in [0.1, 0.15) is 5.75 Å². The van der Waals surface area contributed by atoms with Gasteiger partial charge in [-0.05, 0) is 24.3 Å². The number of para-hydroxylation sites is 1. The Bertz CT molecular complexity index is 587. The molecule has 2 aromatic rings. The van der Waals surface area contributed by atoms with Gasteiger partial charge < -0.3 is 15.4 Å². The number of anilines is 2. The monoisotopic (exact) mass is 276 g/mol. The SMILES string of the molecule is COc1cccc(NC(=O)Nc2ccccc2Cl)c1. The van der Waals surface area contributed by atoms with Crippen LogP contribution in [0.1, 0.15) is 0 Å². The second-order valence-corrected chi connectivity index (χ2v) is 4.20. The van der Waals surface area contributed by atoms with Gasteiger partial charge in [0.25, 0.3) is 0 Å². The maximum atomic E-state index is 11.8. The highest BCUT2D eigenvalue weighted by molar-refractivity contribution is 6.33. The number of hydrogen-bond acceptors (Lipinski definition) is 2. The number of halogens is 1. The van der Waals surface area contributed by atoms with Gasteiger partial charge in [-0.3, -0.25) is 0 Å². The van der Waals surface area contributed by atoms with Crippen molar-refractivity contribution in [3.05, 3.63) is 53.6 Å². The molecule has 0 unspecified atom stereocenters. The average molecular weight is 277 g/mol. The topological polar surface area (TPSA) is 50.4 Å². The van der Waals surface area contributed by atoms with E-state index in [1.165, 1.54) is 0 Å². The van der Waals surface area contributed by atoms with Crippen molar-refractivity contribution in [3.8, 4) is 5.75 Å². The molecule has 0 fully saturated rings. The standard InChI is InChI=1S/C14H13ClN2O2/c1-19-11-6-4-5-10(9-11)16-14(18)17-13-8-3-2-7-12(13)15/h2-9H,1H3,(H2,16,17,18). The highest BCUT2D eigenvalue weighted by atomic mass is 35.5. The summed E-state index contributed by atoms with van der Waals surface area (Å²) < 4.78 is 5.08. The lowest BCUT2D eigenvalue weighted by atomic mass is 10.3. The Morgan fingerprint density at radius 1 is 1.11 bits per heavy atom. The molecule has 2 N–H and O–H groups in total. The highest BCUT2D eigenvalue weighted by Gasteiger charge is 2.05. The summed E-state index contributed by atoms with van der Waals surface area (Å²) in [7, 11) is 1.57. The molecule has 98 valence electrons. The third kappa shape index (κ3) is 3.63. The van der Waals surface area contributed by atoms with Gasteiger partial charge in [-0.2, -0.15) is 0 Å². The third-order valence-corrected chi connectivity index (χ3v) is 2.78. The minimum absolute atomic E-state index is 0.360. The van der Waals surface area contributed by atoms with E-state index in [0.717, 1.165) is 0 Å². The quantitative estimate of drug-likeness (QED) is 0.890. The number of carbonyl (C=O) groups excluding carboxylic acids is 1. The molecule has 0 spiro atoms. The minimum Gasteiger partial charge on any atom is -0.497 e. The van der Waals surface area contributed by atoms with Crippen LogP contribution in [0.5, 0.6) is 5.75 Å². The van der Waals surface area contributed by atoms with Crippen LogP contribution in [0.15, 0.2) is 48.5 Å². The number of rotatable bonds is 3. The summed E-state index contributed by atoms with van der Waals surface area (Å²) in [6.45, 7) is 0. The van der Waals surface area contributed by atoms with E-state index in [2.05, 4.69) is 10.6 Å². The average Bonchev–Trinajstić information content (AvgIpc) is 2.41. The molecule has 2 rings (SSSR count). The molecular formula is C14H13ClN2O2. The fourth-order valence-corrected chi connectivity index (χ4v) is 1.73.